The lowest BCUT2D eigenvalue weighted by molar-refractivity contribution is -0.148. The molecule has 6 nitrogen and oxygen atoms in total. The maximum atomic E-state index is 11.9. The molecule has 0 radical (unpaired) electrons. The number of aromatic nitrogens is 1. The van der Waals surface area contributed by atoms with Gasteiger partial charge in [0.05, 0.1) is 13.0 Å². The van der Waals surface area contributed by atoms with Crippen molar-refractivity contribution in [3.8, 4) is 0 Å². The van der Waals surface area contributed by atoms with E-state index in [-0.39, 0.29) is 11.9 Å². The van der Waals surface area contributed by atoms with Gasteiger partial charge in [0.15, 0.2) is 0 Å². The number of halogens is 1. The minimum atomic E-state index is -0.882. The molecule has 1 atom stereocenters. The van der Waals surface area contributed by atoms with Crippen LogP contribution in [0.2, 0.25) is 0 Å². The Bertz CT molecular complexity index is 765. The molecule has 1 aromatic heterocycles. The number of likely N-dealkylation sites (tertiary alicyclic amines) is 1. The molecule has 1 aliphatic heterocycles. The van der Waals surface area contributed by atoms with Crippen molar-refractivity contribution in [1.29, 1.82) is 0 Å². The van der Waals surface area contributed by atoms with Crippen LogP contribution in [-0.2, 0) is 14.3 Å². The van der Waals surface area contributed by atoms with E-state index < -0.39 is 12.0 Å². The van der Waals surface area contributed by atoms with Gasteiger partial charge < -0.3 is 14.8 Å². The third-order valence-electron chi connectivity index (χ3n) is 4.63. The SMILES string of the molecule is COC(=O)C1CCN([C@H](C(=O)O)c2c[nH]c3ccc(Br)cc23)CC1. The van der Waals surface area contributed by atoms with E-state index in [1.807, 2.05) is 23.1 Å². The molecule has 0 amide bonds. The van der Waals surface area contributed by atoms with Crippen LogP contribution in [0.5, 0.6) is 0 Å². The number of carboxylic acids is 1. The molecule has 3 rings (SSSR count). The van der Waals surface area contributed by atoms with Crippen molar-refractivity contribution >= 4 is 38.8 Å². The van der Waals surface area contributed by atoms with Crippen molar-refractivity contribution in [2.75, 3.05) is 20.2 Å². The number of aromatic amines is 1. The minimum Gasteiger partial charge on any atom is -0.480 e. The number of nitrogens with one attached hydrogen (secondary N) is 1. The van der Waals surface area contributed by atoms with E-state index in [2.05, 4.69) is 20.9 Å². The Kier molecular flexibility index (Phi) is 4.91. The van der Waals surface area contributed by atoms with Crippen molar-refractivity contribution in [1.82, 2.24) is 9.88 Å². The molecule has 2 aromatic rings. The van der Waals surface area contributed by atoms with Gasteiger partial charge >= 0.3 is 11.9 Å². The largest absolute Gasteiger partial charge is 0.480 e. The van der Waals surface area contributed by atoms with Gasteiger partial charge in [0.25, 0.3) is 0 Å². The molecule has 128 valence electrons. The Hall–Kier alpha value is -1.86. The summed E-state index contributed by atoms with van der Waals surface area (Å²) in [6, 6.07) is 5.04. The minimum absolute atomic E-state index is 0.141. The topological polar surface area (TPSA) is 82.6 Å². The van der Waals surface area contributed by atoms with Crippen molar-refractivity contribution in [3.63, 3.8) is 0 Å². The summed E-state index contributed by atoms with van der Waals surface area (Å²) in [6.45, 7) is 1.11. The van der Waals surface area contributed by atoms with Crippen LogP contribution in [0.15, 0.2) is 28.9 Å². The van der Waals surface area contributed by atoms with Gasteiger partial charge in [0.2, 0.25) is 0 Å². The van der Waals surface area contributed by atoms with Gasteiger partial charge in [-0.2, -0.15) is 0 Å². The lowest BCUT2D eigenvalue weighted by Crippen LogP contribution is -2.41. The van der Waals surface area contributed by atoms with E-state index in [1.165, 1.54) is 7.11 Å². The highest BCUT2D eigenvalue weighted by Gasteiger charge is 2.34. The molecule has 0 saturated carbocycles. The fourth-order valence-electron chi connectivity index (χ4n) is 3.39. The molecule has 7 heteroatoms. The molecule has 1 aliphatic rings. The van der Waals surface area contributed by atoms with Crippen molar-refractivity contribution in [3.05, 3.63) is 34.4 Å². The lowest BCUT2D eigenvalue weighted by atomic mass is 9.94. The number of benzene rings is 1. The van der Waals surface area contributed by atoms with Crippen LogP contribution in [0.25, 0.3) is 10.9 Å². The summed E-state index contributed by atoms with van der Waals surface area (Å²) in [6.07, 6.45) is 2.99. The Morgan fingerprint density at radius 3 is 2.71 bits per heavy atom. The summed E-state index contributed by atoms with van der Waals surface area (Å²) >= 11 is 3.44. The number of hydrogen-bond acceptors (Lipinski definition) is 4. The van der Waals surface area contributed by atoms with Crippen LogP contribution in [-0.4, -0.2) is 47.1 Å². The van der Waals surface area contributed by atoms with E-state index in [0.29, 0.717) is 25.9 Å². The molecule has 2 heterocycles. The molecule has 1 fully saturated rings. The summed E-state index contributed by atoms with van der Waals surface area (Å²) in [5.41, 5.74) is 1.65. The number of H-pyrrole nitrogens is 1. The number of methoxy groups -OCH3 is 1. The smallest absolute Gasteiger partial charge is 0.325 e. The van der Waals surface area contributed by atoms with Crippen molar-refractivity contribution < 1.29 is 19.4 Å². The monoisotopic (exact) mass is 394 g/mol. The van der Waals surface area contributed by atoms with Crippen LogP contribution < -0.4 is 0 Å². The highest BCUT2D eigenvalue weighted by molar-refractivity contribution is 9.10. The molecule has 24 heavy (non-hydrogen) atoms. The van der Waals surface area contributed by atoms with Crippen LogP contribution in [0, 0.1) is 5.92 Å². The zero-order chi connectivity index (χ0) is 17.3. The second-order valence-corrected chi connectivity index (χ2v) is 6.92. The van der Waals surface area contributed by atoms with Crippen molar-refractivity contribution in [2.24, 2.45) is 5.92 Å². The Balaban J connectivity index is 1.87. The number of carbonyl (C=O) groups is 2. The quantitative estimate of drug-likeness (QED) is 0.778. The van der Waals surface area contributed by atoms with Gasteiger partial charge in [-0.25, -0.2) is 0 Å². The first-order valence-electron chi connectivity index (χ1n) is 7.82. The number of fused-ring (bicyclic) bond motifs is 1. The second-order valence-electron chi connectivity index (χ2n) is 6.01. The number of carboxylic acid groups (broad SMARTS) is 1. The van der Waals surface area contributed by atoms with Crippen LogP contribution >= 0.6 is 15.9 Å². The number of esters is 1. The molecule has 1 saturated heterocycles. The third-order valence-corrected chi connectivity index (χ3v) is 5.13. The second kappa shape index (κ2) is 6.94. The maximum Gasteiger partial charge on any atom is 0.325 e. The predicted octanol–water partition coefficient (Wildman–Crippen LogP) is 2.94. The Morgan fingerprint density at radius 2 is 2.08 bits per heavy atom. The molecular formula is C17H19BrN2O4. The molecule has 0 bridgehead atoms. The Morgan fingerprint density at radius 1 is 1.38 bits per heavy atom. The molecule has 0 spiro atoms. The fourth-order valence-corrected chi connectivity index (χ4v) is 3.75. The summed E-state index contributed by atoms with van der Waals surface area (Å²) in [4.78, 5) is 28.7. The average Bonchev–Trinajstić information content (AvgIpc) is 2.97. The zero-order valence-electron chi connectivity index (χ0n) is 13.3. The van der Waals surface area contributed by atoms with E-state index in [9.17, 15) is 14.7 Å². The van der Waals surface area contributed by atoms with Crippen LogP contribution in [0.3, 0.4) is 0 Å². The standard InChI is InChI=1S/C17H19BrN2O4/c1-24-17(23)10-4-6-20(7-5-10)15(16(21)22)13-9-19-14-3-2-11(18)8-12(13)14/h2-3,8-10,15,19H,4-7H2,1H3,(H,21,22)/t15-/m0/s1. The highest BCUT2D eigenvalue weighted by Crippen LogP contribution is 2.33. The number of aliphatic carboxylic acids is 1. The van der Waals surface area contributed by atoms with Gasteiger partial charge in [0.1, 0.15) is 6.04 Å². The van der Waals surface area contributed by atoms with E-state index in [4.69, 9.17) is 4.74 Å². The number of piperidine rings is 1. The van der Waals surface area contributed by atoms with Gasteiger partial charge in [-0.3, -0.25) is 14.5 Å². The Labute approximate surface area is 147 Å². The van der Waals surface area contributed by atoms with Crippen molar-refractivity contribution in [2.45, 2.75) is 18.9 Å². The van der Waals surface area contributed by atoms with Crippen LogP contribution in [0.4, 0.5) is 0 Å². The summed E-state index contributed by atoms with van der Waals surface area (Å²) in [5, 5.41) is 10.7. The summed E-state index contributed by atoms with van der Waals surface area (Å²) < 4.78 is 5.70. The third kappa shape index (κ3) is 3.18. The molecular weight excluding hydrogens is 376 g/mol. The number of nitrogens with zero attached hydrogens (tertiary/aromatic N) is 1. The highest BCUT2D eigenvalue weighted by atomic mass is 79.9. The molecule has 0 unspecified atom stereocenters. The van der Waals surface area contributed by atoms with Crippen LogP contribution in [0.1, 0.15) is 24.4 Å². The first kappa shape index (κ1) is 17.0. The van der Waals surface area contributed by atoms with E-state index in [1.54, 1.807) is 6.20 Å². The summed E-state index contributed by atoms with van der Waals surface area (Å²) in [7, 11) is 1.39. The maximum absolute atomic E-state index is 11.9. The number of hydrogen-bond donors (Lipinski definition) is 2. The first-order chi connectivity index (χ1) is 11.5. The molecule has 0 aliphatic carbocycles. The summed E-state index contributed by atoms with van der Waals surface area (Å²) in [5.74, 6) is -1.23. The molecule has 1 aromatic carbocycles. The normalized spacial score (nSPS) is 17.8. The lowest BCUT2D eigenvalue weighted by Gasteiger charge is -2.34. The zero-order valence-corrected chi connectivity index (χ0v) is 14.9. The van der Waals surface area contributed by atoms with E-state index >= 15 is 0 Å². The van der Waals surface area contributed by atoms with Gasteiger partial charge in [-0.15, -0.1) is 0 Å². The number of ether oxygens (including phenoxy) is 1. The van der Waals surface area contributed by atoms with Gasteiger partial charge in [-0.1, -0.05) is 15.9 Å². The fraction of sp³-hybridized carbons (Fsp3) is 0.412. The van der Waals surface area contributed by atoms with Gasteiger partial charge in [0, 0.05) is 40.2 Å². The number of carbonyl (C=O) groups excluding carboxylic acids is 1. The first-order valence-corrected chi connectivity index (χ1v) is 8.61. The van der Waals surface area contributed by atoms with Gasteiger partial charge in [-0.05, 0) is 31.0 Å². The predicted molar refractivity (Wildman–Crippen MR) is 92.7 cm³/mol. The number of rotatable bonds is 4. The average molecular weight is 395 g/mol. The molecule has 2 N–H and O–H groups in total. The van der Waals surface area contributed by atoms with E-state index in [0.717, 1.165) is 20.9 Å².